The third-order valence-electron chi connectivity index (χ3n) is 3.18. The van der Waals surface area contributed by atoms with Crippen LogP contribution in [0.3, 0.4) is 0 Å². The molecule has 0 radical (unpaired) electrons. The van der Waals surface area contributed by atoms with Crippen LogP contribution >= 0.6 is 11.6 Å². The van der Waals surface area contributed by atoms with Crippen LogP contribution in [-0.4, -0.2) is 10.9 Å². The first-order valence-corrected chi connectivity index (χ1v) is 6.39. The van der Waals surface area contributed by atoms with Crippen molar-refractivity contribution in [3.8, 4) is 0 Å². The first-order chi connectivity index (χ1) is 9.58. The summed E-state index contributed by atoms with van der Waals surface area (Å²) in [6.45, 7) is 1.88. The van der Waals surface area contributed by atoms with Crippen molar-refractivity contribution in [2.75, 3.05) is 5.32 Å². The van der Waals surface area contributed by atoms with E-state index in [0.717, 1.165) is 5.56 Å². The Kier molecular flexibility index (Phi) is 3.03. The highest BCUT2D eigenvalue weighted by Crippen LogP contribution is 2.34. The molecular weight excluding hydrogens is 279 g/mol. The fourth-order valence-electron chi connectivity index (χ4n) is 2.13. The lowest BCUT2D eigenvalue weighted by atomic mass is 10.1. The van der Waals surface area contributed by atoms with E-state index in [1.165, 1.54) is 12.1 Å². The zero-order chi connectivity index (χ0) is 14.3. The molecule has 3 rings (SSSR count). The number of aryl methyl sites for hydroxylation is 1. The summed E-state index contributed by atoms with van der Waals surface area (Å²) >= 11 is 5.74. The normalized spacial score (nSPS) is 15.3. The van der Waals surface area contributed by atoms with E-state index in [4.69, 9.17) is 11.6 Å². The van der Waals surface area contributed by atoms with Crippen LogP contribution < -0.4 is 5.32 Å². The minimum absolute atomic E-state index is 0.0233. The summed E-state index contributed by atoms with van der Waals surface area (Å²) in [6.07, 6.45) is 3.09. The van der Waals surface area contributed by atoms with Gasteiger partial charge in [-0.3, -0.25) is 9.78 Å². The number of carbonyl (C=O) groups excluding carboxylic acids is 1. The standard InChI is InChI=1S/C15H10ClFN2O/c1-8-5-6-18-14-10(15(20)19-13(8)14)7-9-3-2-4-11(16)12(9)17/h2-7H,1H3,(H,19,20)/b10-7-. The molecule has 1 aromatic carbocycles. The van der Waals surface area contributed by atoms with Crippen LogP contribution in [0, 0.1) is 12.7 Å². The number of amides is 1. The molecule has 1 aliphatic heterocycles. The zero-order valence-electron chi connectivity index (χ0n) is 10.6. The highest BCUT2D eigenvalue weighted by Gasteiger charge is 2.27. The van der Waals surface area contributed by atoms with E-state index in [0.29, 0.717) is 17.0 Å². The van der Waals surface area contributed by atoms with Crippen LogP contribution in [0.25, 0.3) is 11.6 Å². The van der Waals surface area contributed by atoms with Crippen LogP contribution in [0.1, 0.15) is 16.8 Å². The molecular formula is C15H10ClFN2O. The Labute approximate surface area is 120 Å². The largest absolute Gasteiger partial charge is 0.320 e. The average molecular weight is 289 g/mol. The minimum Gasteiger partial charge on any atom is -0.320 e. The lowest BCUT2D eigenvalue weighted by Gasteiger charge is -2.01. The van der Waals surface area contributed by atoms with Crippen LogP contribution in [0.4, 0.5) is 10.1 Å². The van der Waals surface area contributed by atoms with Crippen molar-refractivity contribution >= 4 is 34.8 Å². The molecule has 1 amide bonds. The van der Waals surface area contributed by atoms with Gasteiger partial charge >= 0.3 is 0 Å². The maximum absolute atomic E-state index is 13.9. The van der Waals surface area contributed by atoms with Gasteiger partial charge in [-0.2, -0.15) is 0 Å². The Bertz CT molecular complexity index is 756. The van der Waals surface area contributed by atoms with Crippen molar-refractivity contribution in [3.05, 3.63) is 58.1 Å². The highest BCUT2D eigenvalue weighted by atomic mass is 35.5. The number of anilines is 1. The molecule has 20 heavy (non-hydrogen) atoms. The molecule has 3 nitrogen and oxygen atoms in total. The second kappa shape index (κ2) is 4.72. The van der Waals surface area contributed by atoms with Crippen LogP contribution in [-0.2, 0) is 4.79 Å². The van der Waals surface area contributed by atoms with Gasteiger partial charge in [-0.05, 0) is 30.7 Å². The Morgan fingerprint density at radius 3 is 2.95 bits per heavy atom. The van der Waals surface area contributed by atoms with E-state index in [1.807, 2.05) is 13.0 Å². The van der Waals surface area contributed by atoms with Gasteiger partial charge in [0.1, 0.15) is 5.82 Å². The number of rotatable bonds is 1. The average Bonchev–Trinajstić information content (AvgIpc) is 2.74. The summed E-state index contributed by atoms with van der Waals surface area (Å²) in [4.78, 5) is 16.2. The molecule has 0 spiro atoms. The van der Waals surface area contributed by atoms with E-state index in [9.17, 15) is 9.18 Å². The molecule has 0 saturated carbocycles. The highest BCUT2D eigenvalue weighted by molar-refractivity contribution is 6.35. The summed E-state index contributed by atoms with van der Waals surface area (Å²) in [5.41, 5.74) is 2.72. The smallest absolute Gasteiger partial charge is 0.258 e. The molecule has 0 fully saturated rings. The second-order valence-electron chi connectivity index (χ2n) is 4.51. The predicted octanol–water partition coefficient (Wildman–Crippen LogP) is 3.68. The van der Waals surface area contributed by atoms with Gasteiger partial charge in [0.15, 0.2) is 0 Å². The molecule has 0 atom stereocenters. The Morgan fingerprint density at radius 2 is 2.15 bits per heavy atom. The SMILES string of the molecule is Cc1ccnc2c1NC(=O)/C2=C\c1cccc(Cl)c1F. The quantitative estimate of drug-likeness (QED) is 0.814. The number of halogens is 2. The predicted molar refractivity (Wildman–Crippen MR) is 76.9 cm³/mol. The Hall–Kier alpha value is -2.20. The molecule has 2 aromatic rings. The molecule has 5 heteroatoms. The summed E-state index contributed by atoms with van der Waals surface area (Å²) in [6, 6.07) is 6.47. The van der Waals surface area contributed by atoms with Gasteiger partial charge in [0.25, 0.3) is 5.91 Å². The zero-order valence-corrected chi connectivity index (χ0v) is 11.3. The van der Waals surface area contributed by atoms with E-state index in [-0.39, 0.29) is 16.5 Å². The number of hydrogen-bond donors (Lipinski definition) is 1. The van der Waals surface area contributed by atoms with Crippen molar-refractivity contribution < 1.29 is 9.18 Å². The van der Waals surface area contributed by atoms with E-state index in [1.54, 1.807) is 18.3 Å². The molecule has 1 aliphatic rings. The monoisotopic (exact) mass is 288 g/mol. The molecule has 0 aliphatic carbocycles. The molecule has 1 N–H and O–H groups in total. The van der Waals surface area contributed by atoms with Gasteiger partial charge in [-0.25, -0.2) is 4.39 Å². The summed E-state index contributed by atoms with van der Waals surface area (Å²) in [7, 11) is 0. The van der Waals surface area contributed by atoms with E-state index >= 15 is 0 Å². The third-order valence-corrected chi connectivity index (χ3v) is 3.47. The van der Waals surface area contributed by atoms with Crippen LogP contribution in [0.5, 0.6) is 0 Å². The Morgan fingerprint density at radius 1 is 1.35 bits per heavy atom. The summed E-state index contributed by atoms with van der Waals surface area (Å²) < 4.78 is 13.9. The van der Waals surface area contributed by atoms with Crippen LogP contribution in [0.15, 0.2) is 30.5 Å². The lowest BCUT2D eigenvalue weighted by Crippen LogP contribution is -2.04. The van der Waals surface area contributed by atoms with Gasteiger partial charge in [0.2, 0.25) is 0 Å². The second-order valence-corrected chi connectivity index (χ2v) is 4.91. The van der Waals surface area contributed by atoms with Gasteiger partial charge in [0, 0.05) is 11.8 Å². The number of carbonyl (C=O) groups is 1. The summed E-state index contributed by atoms with van der Waals surface area (Å²) in [5.74, 6) is -0.836. The number of pyridine rings is 1. The molecule has 0 saturated heterocycles. The lowest BCUT2D eigenvalue weighted by molar-refractivity contribution is -0.110. The molecule has 100 valence electrons. The molecule has 0 unspecified atom stereocenters. The first-order valence-electron chi connectivity index (χ1n) is 6.01. The van der Waals surface area contributed by atoms with Gasteiger partial charge in [-0.15, -0.1) is 0 Å². The fourth-order valence-corrected chi connectivity index (χ4v) is 2.31. The van der Waals surface area contributed by atoms with E-state index in [2.05, 4.69) is 10.3 Å². The number of nitrogens with zero attached hydrogens (tertiary/aromatic N) is 1. The third kappa shape index (κ3) is 1.98. The molecule has 1 aromatic heterocycles. The first kappa shape index (κ1) is 12.8. The van der Waals surface area contributed by atoms with Crippen molar-refractivity contribution in [2.24, 2.45) is 0 Å². The molecule has 2 heterocycles. The van der Waals surface area contributed by atoms with E-state index < -0.39 is 5.82 Å². The number of aromatic nitrogens is 1. The van der Waals surface area contributed by atoms with Crippen LogP contribution in [0.2, 0.25) is 5.02 Å². The van der Waals surface area contributed by atoms with Gasteiger partial charge in [0.05, 0.1) is 22.0 Å². The maximum Gasteiger partial charge on any atom is 0.258 e. The van der Waals surface area contributed by atoms with Crippen molar-refractivity contribution in [3.63, 3.8) is 0 Å². The van der Waals surface area contributed by atoms with Crippen molar-refractivity contribution in [1.82, 2.24) is 4.98 Å². The van der Waals surface area contributed by atoms with Crippen molar-refractivity contribution in [2.45, 2.75) is 6.92 Å². The maximum atomic E-state index is 13.9. The topological polar surface area (TPSA) is 42.0 Å². The number of hydrogen-bond acceptors (Lipinski definition) is 2. The Balaban J connectivity index is 2.16. The number of benzene rings is 1. The van der Waals surface area contributed by atoms with Gasteiger partial charge < -0.3 is 5.32 Å². The molecule has 0 bridgehead atoms. The van der Waals surface area contributed by atoms with Gasteiger partial charge in [-0.1, -0.05) is 23.7 Å². The summed E-state index contributed by atoms with van der Waals surface area (Å²) in [5, 5.41) is 2.77. The number of nitrogens with one attached hydrogen (secondary N) is 1. The van der Waals surface area contributed by atoms with Crippen molar-refractivity contribution in [1.29, 1.82) is 0 Å². The minimum atomic E-state index is -0.546. The fraction of sp³-hybridized carbons (Fsp3) is 0.0667. The number of fused-ring (bicyclic) bond motifs is 1.